The average Bonchev–Trinajstić information content (AvgIpc) is 2.81. The topological polar surface area (TPSA) is 28.2 Å². The fourth-order valence-electron chi connectivity index (χ4n) is 1.93. The Morgan fingerprint density at radius 1 is 1.47 bits per heavy atom. The van der Waals surface area contributed by atoms with Gasteiger partial charge in [0, 0.05) is 36.3 Å². The van der Waals surface area contributed by atoms with Crippen molar-refractivity contribution in [2.45, 2.75) is 52.4 Å². The summed E-state index contributed by atoms with van der Waals surface area (Å²) in [5, 5.41) is 6.80. The lowest BCUT2D eigenvalue weighted by molar-refractivity contribution is 0.245. The van der Waals surface area contributed by atoms with Gasteiger partial charge in [-0.2, -0.15) is 11.8 Å². The van der Waals surface area contributed by atoms with Gasteiger partial charge in [0.2, 0.25) is 0 Å². The molecule has 0 aliphatic carbocycles. The van der Waals surface area contributed by atoms with Crippen LogP contribution < -0.4 is 5.32 Å². The Kier molecular flexibility index (Phi) is 7.99. The molecule has 0 aliphatic rings. The molecule has 19 heavy (non-hydrogen) atoms. The second kappa shape index (κ2) is 8.95. The Morgan fingerprint density at radius 2 is 2.21 bits per heavy atom. The molecule has 0 amide bonds. The highest BCUT2D eigenvalue weighted by Gasteiger charge is 2.13. The van der Waals surface area contributed by atoms with Gasteiger partial charge in [-0.1, -0.05) is 20.8 Å². The summed E-state index contributed by atoms with van der Waals surface area (Å²) in [7, 11) is 2.20. The Balaban J connectivity index is 2.47. The zero-order chi connectivity index (χ0) is 14.3. The van der Waals surface area contributed by atoms with E-state index in [1.54, 1.807) is 11.3 Å². The lowest BCUT2D eigenvalue weighted by Crippen LogP contribution is -2.32. The maximum Gasteiger partial charge on any atom is 0.107 e. The predicted octanol–water partition coefficient (Wildman–Crippen LogP) is 3.21. The molecule has 1 atom stereocenters. The third kappa shape index (κ3) is 6.25. The Bertz CT molecular complexity index is 352. The van der Waals surface area contributed by atoms with E-state index in [0.29, 0.717) is 12.1 Å². The molecular formula is C14H27N3S2. The van der Waals surface area contributed by atoms with E-state index in [-0.39, 0.29) is 0 Å². The van der Waals surface area contributed by atoms with E-state index in [1.807, 2.05) is 11.8 Å². The van der Waals surface area contributed by atoms with Crippen LogP contribution in [-0.2, 0) is 13.1 Å². The van der Waals surface area contributed by atoms with E-state index in [1.165, 1.54) is 22.9 Å². The van der Waals surface area contributed by atoms with Gasteiger partial charge in [-0.3, -0.25) is 4.90 Å². The van der Waals surface area contributed by atoms with E-state index in [0.717, 1.165) is 13.1 Å². The Labute approximate surface area is 126 Å². The lowest BCUT2D eigenvalue weighted by Gasteiger charge is -2.25. The van der Waals surface area contributed by atoms with Crippen LogP contribution in [0.2, 0.25) is 0 Å². The van der Waals surface area contributed by atoms with E-state index < -0.39 is 0 Å². The van der Waals surface area contributed by atoms with Gasteiger partial charge in [0.1, 0.15) is 5.01 Å². The van der Waals surface area contributed by atoms with Crippen LogP contribution in [0, 0.1) is 0 Å². The second-order valence-corrected chi connectivity index (χ2v) is 7.05. The summed E-state index contributed by atoms with van der Waals surface area (Å²) < 4.78 is 0. The maximum absolute atomic E-state index is 4.71. The first-order valence-corrected chi connectivity index (χ1v) is 9.20. The minimum absolute atomic E-state index is 0.515. The van der Waals surface area contributed by atoms with Crippen molar-refractivity contribution in [1.82, 2.24) is 15.2 Å². The number of nitrogens with one attached hydrogen (secondary N) is 1. The predicted molar refractivity (Wildman–Crippen MR) is 88.0 cm³/mol. The molecule has 0 fully saturated rings. The molecule has 1 N–H and O–H groups in total. The summed E-state index contributed by atoms with van der Waals surface area (Å²) in [4.78, 5) is 7.13. The molecule has 1 aromatic heterocycles. The van der Waals surface area contributed by atoms with Crippen LogP contribution in [-0.4, -0.2) is 41.0 Å². The Hall–Kier alpha value is -0.100. The van der Waals surface area contributed by atoms with E-state index in [2.05, 4.69) is 49.7 Å². The van der Waals surface area contributed by atoms with Crippen molar-refractivity contribution < 1.29 is 0 Å². The first kappa shape index (κ1) is 17.0. The maximum atomic E-state index is 4.71. The fourth-order valence-corrected chi connectivity index (χ4v) is 3.54. The molecular weight excluding hydrogens is 274 g/mol. The smallest absolute Gasteiger partial charge is 0.107 e. The van der Waals surface area contributed by atoms with Crippen LogP contribution in [0.4, 0.5) is 0 Å². The summed E-state index contributed by atoms with van der Waals surface area (Å²) in [5.74, 6) is 1.19. The van der Waals surface area contributed by atoms with E-state index in [9.17, 15) is 0 Å². The first-order chi connectivity index (χ1) is 9.06. The molecule has 0 saturated carbocycles. The van der Waals surface area contributed by atoms with Gasteiger partial charge in [-0.05, 0) is 19.7 Å². The summed E-state index contributed by atoms with van der Waals surface area (Å²) in [5.41, 5.74) is 1.20. The van der Waals surface area contributed by atoms with Crippen molar-refractivity contribution >= 4 is 23.1 Å². The zero-order valence-electron chi connectivity index (χ0n) is 12.8. The fraction of sp³-hybridized carbons (Fsp3) is 0.786. The van der Waals surface area contributed by atoms with Gasteiger partial charge in [0.25, 0.3) is 0 Å². The van der Waals surface area contributed by atoms with Gasteiger partial charge in [0.15, 0.2) is 0 Å². The van der Waals surface area contributed by atoms with Crippen LogP contribution in [0.15, 0.2) is 5.38 Å². The van der Waals surface area contributed by atoms with Crippen molar-refractivity contribution in [3.8, 4) is 0 Å². The van der Waals surface area contributed by atoms with Crippen LogP contribution in [0.3, 0.4) is 0 Å². The average molecular weight is 302 g/mol. The standard InChI is InChI=1S/C14H27N3S2/c1-6-13(10-18-5)17(4)8-12-9-19-14(16-12)7-15-11(2)3/h9,11,13,15H,6-8,10H2,1-5H3. The zero-order valence-corrected chi connectivity index (χ0v) is 14.4. The highest BCUT2D eigenvalue weighted by Crippen LogP contribution is 2.15. The van der Waals surface area contributed by atoms with Gasteiger partial charge in [-0.15, -0.1) is 11.3 Å². The highest BCUT2D eigenvalue weighted by molar-refractivity contribution is 7.98. The number of hydrogen-bond donors (Lipinski definition) is 1. The number of hydrogen-bond acceptors (Lipinski definition) is 5. The van der Waals surface area contributed by atoms with Gasteiger partial charge >= 0.3 is 0 Å². The summed E-state index contributed by atoms with van der Waals surface area (Å²) in [6, 6.07) is 1.16. The van der Waals surface area contributed by atoms with Crippen LogP contribution in [0.25, 0.3) is 0 Å². The molecule has 1 unspecified atom stereocenters. The van der Waals surface area contributed by atoms with Crippen LogP contribution in [0.1, 0.15) is 37.9 Å². The second-order valence-electron chi connectivity index (χ2n) is 5.20. The number of aromatic nitrogens is 1. The number of thioether (sulfide) groups is 1. The molecule has 110 valence electrons. The molecule has 0 aromatic carbocycles. The van der Waals surface area contributed by atoms with Gasteiger partial charge < -0.3 is 5.32 Å². The Morgan fingerprint density at radius 3 is 2.79 bits per heavy atom. The monoisotopic (exact) mass is 301 g/mol. The summed E-state index contributed by atoms with van der Waals surface area (Å²) in [6.45, 7) is 8.43. The van der Waals surface area contributed by atoms with Crippen molar-refractivity contribution in [3.05, 3.63) is 16.1 Å². The van der Waals surface area contributed by atoms with E-state index >= 15 is 0 Å². The number of rotatable bonds is 9. The van der Waals surface area contributed by atoms with E-state index in [4.69, 9.17) is 4.98 Å². The SMILES string of the molecule is CCC(CSC)N(C)Cc1csc(CNC(C)C)n1. The third-order valence-corrected chi connectivity index (χ3v) is 4.74. The molecule has 0 saturated heterocycles. The number of nitrogens with zero attached hydrogens (tertiary/aromatic N) is 2. The van der Waals surface area contributed by atoms with Gasteiger partial charge in [0.05, 0.1) is 5.69 Å². The summed E-state index contributed by atoms with van der Waals surface area (Å²) >= 11 is 3.68. The largest absolute Gasteiger partial charge is 0.308 e. The lowest BCUT2D eigenvalue weighted by atomic mass is 10.2. The molecule has 0 bridgehead atoms. The van der Waals surface area contributed by atoms with Crippen molar-refractivity contribution in [2.75, 3.05) is 19.1 Å². The minimum Gasteiger partial charge on any atom is -0.308 e. The van der Waals surface area contributed by atoms with Crippen molar-refractivity contribution in [3.63, 3.8) is 0 Å². The van der Waals surface area contributed by atoms with Crippen molar-refractivity contribution in [2.24, 2.45) is 0 Å². The summed E-state index contributed by atoms with van der Waals surface area (Å²) in [6.07, 6.45) is 3.37. The molecule has 0 aliphatic heterocycles. The van der Waals surface area contributed by atoms with Crippen molar-refractivity contribution in [1.29, 1.82) is 0 Å². The number of thiazole rings is 1. The molecule has 1 aromatic rings. The molecule has 1 rings (SSSR count). The first-order valence-electron chi connectivity index (χ1n) is 6.92. The minimum atomic E-state index is 0.515. The van der Waals surface area contributed by atoms with Crippen LogP contribution in [0.5, 0.6) is 0 Å². The van der Waals surface area contributed by atoms with Gasteiger partial charge in [-0.25, -0.2) is 4.98 Å². The highest BCUT2D eigenvalue weighted by atomic mass is 32.2. The third-order valence-electron chi connectivity index (χ3n) is 3.13. The molecule has 0 spiro atoms. The molecule has 0 radical (unpaired) electrons. The quantitative estimate of drug-likeness (QED) is 0.758. The van der Waals surface area contributed by atoms with Crippen LogP contribution >= 0.6 is 23.1 Å². The molecule has 3 nitrogen and oxygen atoms in total. The molecule has 1 heterocycles. The molecule has 5 heteroatoms. The normalized spacial score (nSPS) is 13.4.